The molecule has 0 aromatic heterocycles. The van der Waals surface area contributed by atoms with Crippen LogP contribution >= 0.6 is 0 Å². The third-order valence-electron chi connectivity index (χ3n) is 4.33. The van der Waals surface area contributed by atoms with Gasteiger partial charge in [-0.25, -0.2) is 0 Å². The molecule has 3 rings (SSSR count). The van der Waals surface area contributed by atoms with Gasteiger partial charge in [-0.1, -0.05) is 91.0 Å². The smallest absolute Gasteiger partial charge is 0.0986 e. The molecule has 0 aliphatic rings. The van der Waals surface area contributed by atoms with Gasteiger partial charge >= 0.3 is 0 Å². The Kier molecular flexibility index (Phi) is 5.42. The SMILES string of the molecule is CN(Cc1ccccc1)C(c1ccccc1)C(O)c1ccccc1. The van der Waals surface area contributed by atoms with E-state index in [1.807, 2.05) is 66.7 Å². The number of nitrogens with zero attached hydrogens (tertiary/aromatic N) is 1. The van der Waals surface area contributed by atoms with Crippen molar-refractivity contribution < 1.29 is 5.11 Å². The molecule has 0 saturated carbocycles. The first-order valence-corrected chi connectivity index (χ1v) is 8.28. The highest BCUT2D eigenvalue weighted by atomic mass is 16.3. The van der Waals surface area contributed by atoms with Crippen LogP contribution in [0.1, 0.15) is 28.8 Å². The van der Waals surface area contributed by atoms with E-state index in [1.54, 1.807) is 0 Å². The van der Waals surface area contributed by atoms with E-state index in [-0.39, 0.29) is 6.04 Å². The lowest BCUT2D eigenvalue weighted by Gasteiger charge is -2.32. The number of hydrogen-bond acceptors (Lipinski definition) is 2. The molecule has 2 nitrogen and oxygen atoms in total. The van der Waals surface area contributed by atoms with Crippen molar-refractivity contribution in [2.24, 2.45) is 0 Å². The number of aliphatic hydroxyl groups excluding tert-OH is 1. The molecule has 24 heavy (non-hydrogen) atoms. The van der Waals surface area contributed by atoms with Gasteiger partial charge in [-0.05, 0) is 23.7 Å². The molecule has 1 N–H and O–H groups in total. The molecule has 2 atom stereocenters. The summed E-state index contributed by atoms with van der Waals surface area (Å²) >= 11 is 0. The Morgan fingerprint density at radius 2 is 1.17 bits per heavy atom. The summed E-state index contributed by atoms with van der Waals surface area (Å²) in [5, 5.41) is 11.0. The van der Waals surface area contributed by atoms with Crippen molar-refractivity contribution in [3.8, 4) is 0 Å². The molecular weight excluding hydrogens is 294 g/mol. The Hall–Kier alpha value is -2.42. The molecule has 0 saturated heterocycles. The minimum Gasteiger partial charge on any atom is -0.386 e. The fourth-order valence-corrected chi connectivity index (χ4v) is 3.13. The van der Waals surface area contributed by atoms with Crippen LogP contribution in [-0.4, -0.2) is 17.1 Å². The molecule has 2 unspecified atom stereocenters. The maximum atomic E-state index is 11.0. The van der Waals surface area contributed by atoms with Gasteiger partial charge in [-0.3, -0.25) is 4.90 Å². The van der Waals surface area contributed by atoms with Gasteiger partial charge in [0.1, 0.15) is 0 Å². The second-order valence-electron chi connectivity index (χ2n) is 6.11. The lowest BCUT2D eigenvalue weighted by molar-refractivity contribution is 0.0579. The molecule has 0 aliphatic heterocycles. The first-order valence-electron chi connectivity index (χ1n) is 8.28. The molecule has 0 heterocycles. The van der Waals surface area contributed by atoms with Gasteiger partial charge in [0.2, 0.25) is 0 Å². The third-order valence-corrected chi connectivity index (χ3v) is 4.33. The topological polar surface area (TPSA) is 23.5 Å². The van der Waals surface area contributed by atoms with Crippen molar-refractivity contribution in [1.29, 1.82) is 0 Å². The normalized spacial score (nSPS) is 13.6. The van der Waals surface area contributed by atoms with Crippen LogP contribution in [0.25, 0.3) is 0 Å². The van der Waals surface area contributed by atoms with Gasteiger partial charge in [0.15, 0.2) is 0 Å². The number of benzene rings is 3. The molecule has 3 aromatic rings. The van der Waals surface area contributed by atoms with Crippen LogP contribution in [0.3, 0.4) is 0 Å². The first kappa shape index (κ1) is 16.4. The number of rotatable bonds is 6. The Morgan fingerprint density at radius 3 is 1.71 bits per heavy atom. The van der Waals surface area contributed by atoms with Crippen LogP contribution in [0, 0.1) is 0 Å². The highest BCUT2D eigenvalue weighted by molar-refractivity contribution is 5.27. The monoisotopic (exact) mass is 317 g/mol. The highest BCUT2D eigenvalue weighted by Crippen LogP contribution is 2.34. The summed E-state index contributed by atoms with van der Waals surface area (Å²) in [5.74, 6) is 0. The molecular formula is C22H23NO. The van der Waals surface area contributed by atoms with Gasteiger partial charge in [0, 0.05) is 6.54 Å². The zero-order valence-corrected chi connectivity index (χ0v) is 13.9. The zero-order valence-electron chi connectivity index (χ0n) is 13.9. The van der Waals surface area contributed by atoms with Crippen LogP contribution in [0.4, 0.5) is 0 Å². The number of likely N-dealkylation sites (N-methyl/N-ethyl adjacent to an activating group) is 1. The third kappa shape index (κ3) is 3.91. The summed E-state index contributed by atoms with van der Waals surface area (Å²) in [6.45, 7) is 0.782. The van der Waals surface area contributed by atoms with Gasteiger partial charge in [-0.2, -0.15) is 0 Å². The minimum atomic E-state index is -0.581. The molecule has 0 spiro atoms. The molecule has 0 fully saturated rings. The van der Waals surface area contributed by atoms with Crippen molar-refractivity contribution in [2.75, 3.05) is 7.05 Å². The van der Waals surface area contributed by atoms with Crippen molar-refractivity contribution in [3.05, 3.63) is 108 Å². The van der Waals surface area contributed by atoms with Gasteiger partial charge < -0.3 is 5.11 Å². The zero-order chi connectivity index (χ0) is 16.8. The van der Waals surface area contributed by atoms with Crippen LogP contribution < -0.4 is 0 Å². The standard InChI is InChI=1S/C22H23NO/c1-23(17-18-11-5-2-6-12-18)21(19-13-7-3-8-14-19)22(24)20-15-9-4-10-16-20/h2-16,21-22,24H,17H2,1H3. The number of aliphatic hydroxyl groups is 1. The lowest BCUT2D eigenvalue weighted by atomic mass is 9.94. The summed E-state index contributed by atoms with van der Waals surface area (Å²) in [5.41, 5.74) is 3.29. The van der Waals surface area contributed by atoms with Crippen LogP contribution in [0.15, 0.2) is 91.0 Å². The molecule has 0 aliphatic carbocycles. The lowest BCUT2D eigenvalue weighted by Crippen LogP contribution is -2.29. The van der Waals surface area contributed by atoms with Crippen LogP contribution in [-0.2, 0) is 6.54 Å². The summed E-state index contributed by atoms with van der Waals surface area (Å²) in [6, 6.07) is 30.4. The molecule has 0 bridgehead atoms. The Balaban J connectivity index is 1.90. The highest BCUT2D eigenvalue weighted by Gasteiger charge is 2.26. The van der Waals surface area contributed by atoms with Gasteiger partial charge in [0.25, 0.3) is 0 Å². The summed E-state index contributed by atoms with van der Waals surface area (Å²) in [6.07, 6.45) is -0.581. The quantitative estimate of drug-likeness (QED) is 0.718. The fourth-order valence-electron chi connectivity index (χ4n) is 3.13. The van der Waals surface area contributed by atoms with Gasteiger partial charge in [-0.15, -0.1) is 0 Å². The molecule has 0 radical (unpaired) electrons. The molecule has 3 aromatic carbocycles. The van der Waals surface area contributed by atoms with E-state index < -0.39 is 6.10 Å². The van der Waals surface area contributed by atoms with E-state index in [0.717, 1.165) is 17.7 Å². The number of hydrogen-bond donors (Lipinski definition) is 1. The maximum Gasteiger partial charge on any atom is 0.0986 e. The molecule has 0 amide bonds. The van der Waals surface area contributed by atoms with E-state index in [1.165, 1.54) is 5.56 Å². The van der Waals surface area contributed by atoms with Crippen molar-refractivity contribution >= 4 is 0 Å². The first-order chi connectivity index (χ1) is 11.8. The van der Waals surface area contributed by atoms with E-state index >= 15 is 0 Å². The Labute approximate surface area is 144 Å². The van der Waals surface area contributed by atoms with Crippen molar-refractivity contribution in [1.82, 2.24) is 4.90 Å². The van der Waals surface area contributed by atoms with E-state index in [9.17, 15) is 5.11 Å². The van der Waals surface area contributed by atoms with Gasteiger partial charge in [0.05, 0.1) is 12.1 Å². The predicted molar refractivity (Wildman–Crippen MR) is 98.5 cm³/mol. The largest absolute Gasteiger partial charge is 0.386 e. The van der Waals surface area contributed by atoms with E-state index in [2.05, 4.69) is 36.2 Å². The fraction of sp³-hybridized carbons (Fsp3) is 0.182. The average molecular weight is 317 g/mol. The van der Waals surface area contributed by atoms with Crippen molar-refractivity contribution in [2.45, 2.75) is 18.7 Å². The second-order valence-corrected chi connectivity index (χ2v) is 6.11. The van der Waals surface area contributed by atoms with E-state index in [4.69, 9.17) is 0 Å². The Bertz CT molecular complexity index is 728. The second kappa shape index (κ2) is 7.91. The van der Waals surface area contributed by atoms with Crippen molar-refractivity contribution in [3.63, 3.8) is 0 Å². The summed E-state index contributed by atoms with van der Waals surface area (Å²) in [7, 11) is 2.07. The molecule has 2 heteroatoms. The predicted octanol–water partition coefficient (Wildman–Crippen LogP) is 4.59. The average Bonchev–Trinajstić information content (AvgIpc) is 2.64. The molecule has 122 valence electrons. The summed E-state index contributed by atoms with van der Waals surface area (Å²) in [4.78, 5) is 2.21. The minimum absolute atomic E-state index is 0.103. The van der Waals surface area contributed by atoms with Crippen LogP contribution in [0.2, 0.25) is 0 Å². The maximum absolute atomic E-state index is 11.0. The summed E-state index contributed by atoms with van der Waals surface area (Å²) < 4.78 is 0. The Morgan fingerprint density at radius 1 is 0.708 bits per heavy atom. The van der Waals surface area contributed by atoms with E-state index in [0.29, 0.717) is 0 Å². The van der Waals surface area contributed by atoms with Crippen LogP contribution in [0.5, 0.6) is 0 Å².